The molecule has 2 atom stereocenters. The number of amides is 2. The molecule has 2 aromatic carbocycles. The summed E-state index contributed by atoms with van der Waals surface area (Å²) in [6, 6.07) is 10.8. The average molecular weight is 443 g/mol. The Bertz CT molecular complexity index is 1170. The van der Waals surface area contributed by atoms with Crippen LogP contribution in [0.2, 0.25) is 5.02 Å². The van der Waals surface area contributed by atoms with Gasteiger partial charge in [-0.05, 0) is 43.2 Å². The number of anilines is 2. The molecule has 160 valence electrons. The van der Waals surface area contributed by atoms with E-state index >= 15 is 0 Å². The maximum Gasteiger partial charge on any atom is 0.253 e. The molecule has 0 spiro atoms. The van der Waals surface area contributed by atoms with Crippen LogP contribution in [0.3, 0.4) is 0 Å². The molecule has 5 rings (SSSR count). The molecule has 0 aliphatic carbocycles. The highest BCUT2D eigenvalue weighted by Crippen LogP contribution is 2.37. The van der Waals surface area contributed by atoms with E-state index in [-0.39, 0.29) is 29.4 Å². The first-order valence-electron chi connectivity index (χ1n) is 10.2. The summed E-state index contributed by atoms with van der Waals surface area (Å²) >= 11 is 5.80. The molecule has 0 saturated carbocycles. The van der Waals surface area contributed by atoms with E-state index in [1.165, 1.54) is 18.2 Å². The van der Waals surface area contributed by atoms with Gasteiger partial charge in [0.2, 0.25) is 11.9 Å². The van der Waals surface area contributed by atoms with Crippen molar-refractivity contribution in [1.29, 1.82) is 0 Å². The van der Waals surface area contributed by atoms with Crippen LogP contribution in [0.5, 0.6) is 0 Å². The van der Waals surface area contributed by atoms with Crippen molar-refractivity contribution in [2.24, 2.45) is 0 Å². The van der Waals surface area contributed by atoms with E-state index in [9.17, 15) is 14.0 Å². The van der Waals surface area contributed by atoms with Gasteiger partial charge in [0, 0.05) is 12.3 Å². The maximum absolute atomic E-state index is 13.4. The van der Waals surface area contributed by atoms with Gasteiger partial charge in [-0.25, -0.2) is 9.37 Å². The fraction of sp³-hybridized carbons (Fsp3) is 0.318. The Kier molecular flexibility index (Phi) is 5.11. The molecule has 2 unspecified atom stereocenters. The van der Waals surface area contributed by atoms with Gasteiger partial charge in [0.25, 0.3) is 5.91 Å². The highest BCUT2D eigenvalue weighted by molar-refractivity contribution is 6.31. The van der Waals surface area contributed by atoms with Crippen LogP contribution in [0.4, 0.5) is 16.0 Å². The van der Waals surface area contributed by atoms with E-state index in [1.807, 2.05) is 28.8 Å². The van der Waals surface area contributed by atoms with E-state index in [4.69, 9.17) is 16.3 Å². The Morgan fingerprint density at radius 1 is 1.29 bits per heavy atom. The molecule has 31 heavy (non-hydrogen) atoms. The van der Waals surface area contributed by atoms with Crippen LogP contribution in [0.1, 0.15) is 25.3 Å². The molecule has 2 aliphatic heterocycles. The van der Waals surface area contributed by atoms with Gasteiger partial charge < -0.3 is 10.1 Å². The van der Waals surface area contributed by atoms with E-state index in [0.29, 0.717) is 24.8 Å². The van der Waals surface area contributed by atoms with Gasteiger partial charge in [-0.1, -0.05) is 23.7 Å². The number of hydrogen-bond donors (Lipinski definition) is 1. The van der Waals surface area contributed by atoms with Crippen LogP contribution in [0.25, 0.3) is 11.0 Å². The number of imidazole rings is 1. The van der Waals surface area contributed by atoms with Gasteiger partial charge in [0.15, 0.2) is 0 Å². The summed E-state index contributed by atoms with van der Waals surface area (Å²) in [5.41, 5.74) is 1.93. The first-order chi connectivity index (χ1) is 15.0. The number of aromatic nitrogens is 2. The third-order valence-electron chi connectivity index (χ3n) is 5.67. The van der Waals surface area contributed by atoms with Crippen LogP contribution in [-0.4, -0.2) is 40.6 Å². The molecular weight excluding hydrogens is 423 g/mol. The molecule has 2 amide bonds. The smallest absolute Gasteiger partial charge is 0.253 e. The number of rotatable bonds is 5. The van der Waals surface area contributed by atoms with Crippen molar-refractivity contribution in [1.82, 2.24) is 9.55 Å². The quantitative estimate of drug-likeness (QED) is 0.649. The maximum atomic E-state index is 13.4. The molecule has 7 nitrogen and oxygen atoms in total. The fourth-order valence-corrected chi connectivity index (χ4v) is 4.40. The predicted octanol–water partition coefficient (Wildman–Crippen LogP) is 3.92. The highest BCUT2D eigenvalue weighted by atomic mass is 35.5. The minimum absolute atomic E-state index is 0.0360. The third-order valence-corrected chi connectivity index (χ3v) is 5.96. The Labute approximate surface area is 182 Å². The minimum atomic E-state index is -0.722. The summed E-state index contributed by atoms with van der Waals surface area (Å²) in [7, 11) is 0. The number of nitrogens with zero attached hydrogens (tertiary/aromatic N) is 3. The molecule has 1 N–H and O–H groups in total. The van der Waals surface area contributed by atoms with Crippen molar-refractivity contribution in [2.75, 3.05) is 23.4 Å². The van der Waals surface area contributed by atoms with Gasteiger partial charge in [-0.2, -0.15) is 0 Å². The van der Waals surface area contributed by atoms with Crippen molar-refractivity contribution in [2.45, 2.75) is 31.4 Å². The SMILES string of the molecule is O=C(CC1C(=O)N(CC2CCCO2)c2nc3ccccc3n21)Nc1ccc(F)c(Cl)c1. The number of halogens is 2. The van der Waals surface area contributed by atoms with Crippen LogP contribution in [-0.2, 0) is 14.3 Å². The molecule has 1 fully saturated rings. The number of nitrogens with one attached hydrogen (secondary N) is 1. The minimum Gasteiger partial charge on any atom is -0.376 e. The van der Waals surface area contributed by atoms with Crippen molar-refractivity contribution >= 4 is 46.1 Å². The van der Waals surface area contributed by atoms with Crippen LogP contribution >= 0.6 is 11.6 Å². The average Bonchev–Trinajstić information content (AvgIpc) is 3.45. The second-order valence-corrected chi connectivity index (χ2v) is 8.16. The van der Waals surface area contributed by atoms with Crippen LogP contribution in [0, 0.1) is 5.82 Å². The molecular formula is C22H20ClFN4O3. The summed E-state index contributed by atoms with van der Waals surface area (Å²) in [6.45, 7) is 1.10. The van der Waals surface area contributed by atoms with Crippen molar-refractivity contribution < 1.29 is 18.7 Å². The lowest BCUT2D eigenvalue weighted by atomic mass is 10.1. The van der Waals surface area contributed by atoms with E-state index in [2.05, 4.69) is 10.3 Å². The zero-order valence-electron chi connectivity index (χ0n) is 16.6. The van der Waals surface area contributed by atoms with E-state index in [1.54, 1.807) is 4.90 Å². The number of ether oxygens (including phenoxy) is 1. The largest absolute Gasteiger partial charge is 0.376 e. The summed E-state index contributed by atoms with van der Waals surface area (Å²) < 4.78 is 20.9. The summed E-state index contributed by atoms with van der Waals surface area (Å²) in [5, 5.41) is 2.61. The predicted molar refractivity (Wildman–Crippen MR) is 115 cm³/mol. The van der Waals surface area contributed by atoms with Gasteiger partial charge in [0.05, 0.1) is 35.1 Å². The lowest BCUT2D eigenvalue weighted by Crippen LogP contribution is -2.37. The summed E-state index contributed by atoms with van der Waals surface area (Å²) in [5.74, 6) is -0.589. The molecule has 1 aromatic heterocycles. The molecule has 0 bridgehead atoms. The van der Waals surface area contributed by atoms with Gasteiger partial charge >= 0.3 is 0 Å². The summed E-state index contributed by atoms with van der Waals surface area (Å²) in [4.78, 5) is 32.3. The van der Waals surface area contributed by atoms with Crippen LogP contribution in [0.15, 0.2) is 42.5 Å². The second kappa shape index (κ2) is 7.94. The zero-order chi connectivity index (χ0) is 21.5. The Balaban J connectivity index is 1.43. The van der Waals surface area contributed by atoms with Gasteiger partial charge in [0.1, 0.15) is 11.9 Å². The Morgan fingerprint density at radius 2 is 2.13 bits per heavy atom. The second-order valence-electron chi connectivity index (χ2n) is 7.75. The van der Waals surface area contributed by atoms with E-state index in [0.717, 1.165) is 23.9 Å². The molecule has 9 heteroatoms. The van der Waals surface area contributed by atoms with E-state index < -0.39 is 11.9 Å². The zero-order valence-corrected chi connectivity index (χ0v) is 17.3. The molecule has 1 saturated heterocycles. The van der Waals surface area contributed by atoms with Gasteiger partial charge in [-0.3, -0.25) is 19.1 Å². The molecule has 2 aliphatic rings. The number of carbonyl (C=O) groups is 2. The number of benzene rings is 2. The standard InChI is InChI=1S/C22H20ClFN4O3/c23-15-10-13(7-8-16(15)24)25-20(29)11-19-21(30)27(12-14-4-3-9-31-14)22-26-17-5-1-2-6-18(17)28(19)22/h1-2,5-8,10,14,19H,3-4,9,11-12H2,(H,25,29). The number of carbonyl (C=O) groups excluding carboxylic acids is 2. The molecule has 3 heterocycles. The normalized spacial score (nSPS) is 20.5. The first kappa shape index (κ1) is 20.0. The van der Waals surface area contributed by atoms with Gasteiger partial charge in [-0.15, -0.1) is 0 Å². The molecule has 3 aromatic rings. The monoisotopic (exact) mass is 442 g/mol. The number of para-hydroxylation sites is 2. The molecule has 0 radical (unpaired) electrons. The first-order valence-corrected chi connectivity index (χ1v) is 10.5. The fourth-order valence-electron chi connectivity index (χ4n) is 4.22. The Morgan fingerprint density at radius 3 is 2.90 bits per heavy atom. The number of hydrogen-bond acceptors (Lipinski definition) is 4. The van der Waals surface area contributed by atoms with Crippen molar-refractivity contribution in [3.8, 4) is 0 Å². The lowest BCUT2D eigenvalue weighted by molar-refractivity contribution is -0.124. The lowest BCUT2D eigenvalue weighted by Gasteiger charge is -2.19. The Hall–Kier alpha value is -2.97. The summed E-state index contributed by atoms with van der Waals surface area (Å²) in [6.07, 6.45) is 1.74. The van der Waals surface area contributed by atoms with Crippen molar-refractivity contribution in [3.05, 3.63) is 53.3 Å². The van der Waals surface area contributed by atoms with Crippen molar-refractivity contribution in [3.63, 3.8) is 0 Å². The van der Waals surface area contributed by atoms with Crippen LogP contribution < -0.4 is 10.2 Å². The number of fused-ring (bicyclic) bond motifs is 3. The highest BCUT2D eigenvalue weighted by Gasteiger charge is 2.42. The third kappa shape index (κ3) is 3.66. The topological polar surface area (TPSA) is 76.5 Å².